The van der Waals surface area contributed by atoms with Gasteiger partial charge in [-0.1, -0.05) is 174 Å². The summed E-state index contributed by atoms with van der Waals surface area (Å²) >= 11 is 0. The van der Waals surface area contributed by atoms with Crippen LogP contribution in [0, 0.1) is 0 Å². The van der Waals surface area contributed by atoms with Crippen LogP contribution in [0.3, 0.4) is 0 Å². The van der Waals surface area contributed by atoms with Gasteiger partial charge in [-0.2, -0.15) is 0 Å². The molecule has 2 heteroatoms. The van der Waals surface area contributed by atoms with Gasteiger partial charge in [0.15, 0.2) is 0 Å². The molecule has 0 unspecified atom stereocenters. The summed E-state index contributed by atoms with van der Waals surface area (Å²) in [4.78, 5) is 0. The van der Waals surface area contributed by atoms with Crippen molar-refractivity contribution in [1.82, 2.24) is 0 Å². The minimum absolute atomic E-state index is 1.24. The van der Waals surface area contributed by atoms with Crippen LogP contribution in [0.2, 0.25) is 0 Å². The van der Waals surface area contributed by atoms with Crippen molar-refractivity contribution in [3.05, 3.63) is 0 Å². The molecule has 0 aromatic carbocycles. The van der Waals surface area contributed by atoms with E-state index in [2.05, 4.69) is 42.0 Å². The highest BCUT2D eigenvalue weighted by molar-refractivity contribution is 4.52. The molecule has 45 heavy (non-hydrogen) atoms. The lowest BCUT2D eigenvalue weighted by atomic mass is 10.0. The second-order valence-electron chi connectivity index (χ2n) is 16.7. The summed E-state index contributed by atoms with van der Waals surface area (Å²) in [6.45, 7) is 10.1. The van der Waals surface area contributed by atoms with Crippen LogP contribution >= 0.6 is 0 Å². The zero-order chi connectivity index (χ0) is 33.2. The third kappa shape index (κ3) is 36.6. The summed E-state index contributed by atoms with van der Waals surface area (Å²) in [6, 6.07) is 0. The van der Waals surface area contributed by atoms with Crippen LogP contribution in [0.5, 0.6) is 0 Å². The molecule has 0 aliphatic heterocycles. The van der Waals surface area contributed by atoms with Gasteiger partial charge in [-0.3, -0.25) is 0 Å². The average Bonchev–Trinajstić information content (AvgIpc) is 3.00. The lowest BCUT2D eigenvalue weighted by Gasteiger charge is -2.30. The monoisotopic (exact) mass is 637 g/mol. The average molecular weight is 637 g/mol. The van der Waals surface area contributed by atoms with Crippen molar-refractivity contribution < 1.29 is 8.97 Å². The lowest BCUT2D eigenvalue weighted by molar-refractivity contribution is -0.891. The first-order valence-corrected chi connectivity index (χ1v) is 21.5. The maximum atomic E-state index is 2.47. The summed E-state index contributed by atoms with van der Waals surface area (Å²) in [5.41, 5.74) is 0. The lowest BCUT2D eigenvalue weighted by Crippen LogP contribution is -2.41. The van der Waals surface area contributed by atoms with E-state index in [1.807, 2.05) is 0 Å². The first-order chi connectivity index (χ1) is 21.8. The van der Waals surface area contributed by atoms with Gasteiger partial charge in [0.05, 0.1) is 54.4 Å². The van der Waals surface area contributed by atoms with E-state index in [4.69, 9.17) is 0 Å². The molecule has 272 valence electrons. The third-order valence-electron chi connectivity index (χ3n) is 10.8. The summed E-state index contributed by atoms with van der Waals surface area (Å²) in [5.74, 6) is 0. The first kappa shape index (κ1) is 44.9. The van der Waals surface area contributed by atoms with Gasteiger partial charge in [0.25, 0.3) is 0 Å². The van der Waals surface area contributed by atoms with Crippen molar-refractivity contribution in [2.75, 3.05) is 54.4 Å². The first-order valence-electron chi connectivity index (χ1n) is 21.5. The van der Waals surface area contributed by atoms with Gasteiger partial charge in [0.2, 0.25) is 0 Å². The van der Waals surface area contributed by atoms with Crippen molar-refractivity contribution in [2.24, 2.45) is 0 Å². The smallest absolute Gasteiger partial charge is 0.0782 e. The molecule has 0 heterocycles. The highest BCUT2D eigenvalue weighted by Gasteiger charge is 2.15. The Morgan fingerprint density at radius 2 is 0.333 bits per heavy atom. The Morgan fingerprint density at radius 3 is 0.489 bits per heavy atom. The van der Waals surface area contributed by atoms with Crippen LogP contribution in [0.15, 0.2) is 0 Å². The van der Waals surface area contributed by atoms with Gasteiger partial charge < -0.3 is 8.97 Å². The maximum Gasteiger partial charge on any atom is 0.0782 e. The van der Waals surface area contributed by atoms with E-state index in [0.717, 1.165) is 0 Å². The summed E-state index contributed by atoms with van der Waals surface area (Å²) in [5, 5.41) is 0. The molecule has 0 aromatic rings. The largest absolute Gasteiger partial charge is 0.328 e. The van der Waals surface area contributed by atoms with Crippen molar-refractivity contribution in [1.29, 1.82) is 0 Å². The Labute approximate surface area is 288 Å². The molecule has 0 bridgehead atoms. The third-order valence-corrected chi connectivity index (χ3v) is 10.8. The predicted octanol–water partition coefficient (Wildman–Crippen LogP) is 14.1. The molecule has 0 fully saturated rings. The molecule has 0 aliphatic carbocycles. The fourth-order valence-electron chi connectivity index (χ4n) is 7.30. The molecular weight excluding hydrogens is 544 g/mol. The molecule has 0 rings (SSSR count). The molecular formula is C43H92N2+2. The number of hydrogen-bond acceptors (Lipinski definition) is 0. The summed E-state index contributed by atoms with van der Waals surface area (Å²) in [7, 11) is 9.89. The van der Waals surface area contributed by atoms with E-state index in [-0.39, 0.29) is 0 Å². The fraction of sp³-hybridized carbons (Fsp3) is 1.00. The molecule has 0 aliphatic rings. The molecule has 0 saturated heterocycles. The standard InChI is InChI=1S/C43H92N2/c1-7-9-11-13-15-17-19-21-23-25-27-29-32-36-40-44(3,4)42-38-34-31-35-39-43-45(5,6)41-37-33-30-28-26-24-22-20-18-16-14-12-10-8-2/h7-43H2,1-6H3/q+2. The predicted molar refractivity (Wildman–Crippen MR) is 207 cm³/mol. The van der Waals surface area contributed by atoms with E-state index in [0.29, 0.717) is 0 Å². The van der Waals surface area contributed by atoms with E-state index in [1.165, 1.54) is 247 Å². The van der Waals surface area contributed by atoms with Crippen LogP contribution in [0.4, 0.5) is 0 Å². The van der Waals surface area contributed by atoms with Gasteiger partial charge in [-0.25, -0.2) is 0 Å². The zero-order valence-corrected chi connectivity index (χ0v) is 33.1. The Morgan fingerprint density at radius 1 is 0.200 bits per heavy atom. The molecule has 0 saturated carbocycles. The molecule has 0 N–H and O–H groups in total. The van der Waals surface area contributed by atoms with Crippen LogP contribution in [0.1, 0.15) is 226 Å². The van der Waals surface area contributed by atoms with Crippen LogP contribution in [-0.2, 0) is 0 Å². The Hall–Kier alpha value is -0.0800. The SMILES string of the molecule is CCCCCCCCCCCCCCCC[N+](C)(C)CCCCCCC[N+](C)(C)CCCCCCCCCCCCCCCC. The second-order valence-corrected chi connectivity index (χ2v) is 16.7. The molecule has 2 nitrogen and oxygen atoms in total. The number of rotatable bonds is 38. The highest BCUT2D eigenvalue weighted by Crippen LogP contribution is 2.16. The Bertz CT molecular complexity index is 506. The normalized spacial score (nSPS) is 12.4. The molecule has 0 spiro atoms. The van der Waals surface area contributed by atoms with E-state index >= 15 is 0 Å². The molecule has 0 amide bonds. The topological polar surface area (TPSA) is 0 Å². The van der Waals surface area contributed by atoms with Crippen molar-refractivity contribution in [2.45, 2.75) is 226 Å². The molecule has 0 radical (unpaired) electrons. The molecule has 0 aromatic heterocycles. The number of nitrogens with zero attached hydrogens (tertiary/aromatic N) is 2. The summed E-state index contributed by atoms with van der Waals surface area (Å²) < 4.78 is 2.47. The van der Waals surface area contributed by atoms with Gasteiger partial charge in [-0.05, 0) is 51.4 Å². The van der Waals surface area contributed by atoms with Gasteiger partial charge in [-0.15, -0.1) is 0 Å². The van der Waals surface area contributed by atoms with Crippen LogP contribution < -0.4 is 0 Å². The van der Waals surface area contributed by atoms with Crippen molar-refractivity contribution in [3.63, 3.8) is 0 Å². The van der Waals surface area contributed by atoms with Crippen LogP contribution in [-0.4, -0.2) is 63.3 Å². The quantitative estimate of drug-likeness (QED) is 0.0467. The minimum Gasteiger partial charge on any atom is -0.328 e. The minimum atomic E-state index is 1.24. The summed E-state index contributed by atoms with van der Waals surface area (Å²) in [6.07, 6.45) is 48.0. The number of quaternary nitrogens is 2. The van der Waals surface area contributed by atoms with Gasteiger partial charge in [0.1, 0.15) is 0 Å². The Kier molecular flexibility index (Phi) is 33.7. The molecule has 0 atom stereocenters. The fourth-order valence-corrected chi connectivity index (χ4v) is 7.30. The van der Waals surface area contributed by atoms with Gasteiger partial charge >= 0.3 is 0 Å². The van der Waals surface area contributed by atoms with Crippen molar-refractivity contribution in [3.8, 4) is 0 Å². The van der Waals surface area contributed by atoms with E-state index in [9.17, 15) is 0 Å². The van der Waals surface area contributed by atoms with E-state index < -0.39 is 0 Å². The number of hydrogen-bond donors (Lipinski definition) is 0. The maximum absolute atomic E-state index is 2.47. The highest BCUT2D eigenvalue weighted by atomic mass is 15.3. The van der Waals surface area contributed by atoms with E-state index in [1.54, 1.807) is 0 Å². The van der Waals surface area contributed by atoms with Crippen LogP contribution in [0.25, 0.3) is 0 Å². The second kappa shape index (κ2) is 33.8. The van der Waals surface area contributed by atoms with Gasteiger partial charge in [0, 0.05) is 0 Å². The Balaban J connectivity index is 3.46. The number of unbranched alkanes of at least 4 members (excludes halogenated alkanes) is 30. The van der Waals surface area contributed by atoms with Crippen molar-refractivity contribution >= 4 is 0 Å². The zero-order valence-electron chi connectivity index (χ0n) is 33.1.